The Morgan fingerprint density at radius 1 is 1.33 bits per heavy atom. The van der Waals surface area contributed by atoms with E-state index in [-0.39, 0.29) is 18.5 Å². The highest BCUT2D eigenvalue weighted by Gasteiger charge is 2.52. The van der Waals surface area contributed by atoms with Crippen LogP contribution in [0, 0.1) is 5.92 Å². The van der Waals surface area contributed by atoms with E-state index in [1.807, 2.05) is 0 Å². The van der Waals surface area contributed by atoms with Crippen LogP contribution in [0.2, 0.25) is 0 Å². The molecule has 3 N–H and O–H groups in total. The summed E-state index contributed by atoms with van der Waals surface area (Å²) in [5.74, 6) is -3.06. The Labute approximate surface area is 123 Å². The van der Waals surface area contributed by atoms with Crippen LogP contribution in [-0.2, 0) is 19.1 Å². The first-order valence-electron chi connectivity index (χ1n) is 7.15. The van der Waals surface area contributed by atoms with E-state index in [1.165, 1.54) is 4.90 Å². The van der Waals surface area contributed by atoms with Crippen molar-refractivity contribution in [3.63, 3.8) is 0 Å². The van der Waals surface area contributed by atoms with E-state index in [4.69, 9.17) is 10.5 Å². The van der Waals surface area contributed by atoms with Gasteiger partial charge in [-0.1, -0.05) is 0 Å². The van der Waals surface area contributed by atoms with Gasteiger partial charge in [-0.25, -0.2) is 4.79 Å². The fraction of sp³-hybridized carbons (Fsp3) is 0.786. The lowest BCUT2D eigenvalue weighted by Crippen LogP contribution is -2.55. The Hall–Kier alpha value is -1.63. The second-order valence-corrected chi connectivity index (χ2v) is 6.73. The average Bonchev–Trinajstić information content (AvgIpc) is 2.66. The highest BCUT2D eigenvalue weighted by atomic mass is 16.6. The van der Waals surface area contributed by atoms with Crippen molar-refractivity contribution >= 4 is 17.8 Å². The van der Waals surface area contributed by atoms with E-state index in [1.54, 1.807) is 20.8 Å². The van der Waals surface area contributed by atoms with Crippen LogP contribution in [0.5, 0.6) is 0 Å². The van der Waals surface area contributed by atoms with Gasteiger partial charge in [0.15, 0.2) is 0 Å². The van der Waals surface area contributed by atoms with Crippen molar-refractivity contribution in [2.45, 2.75) is 63.8 Å². The molecule has 2 aliphatic rings. The number of esters is 1. The maximum atomic E-state index is 12.5. The Bertz CT molecular complexity index is 470. The lowest BCUT2D eigenvalue weighted by atomic mass is 9.91. The minimum absolute atomic E-state index is 0.229. The molecule has 1 amide bonds. The average molecular weight is 298 g/mol. The first-order valence-corrected chi connectivity index (χ1v) is 7.15. The van der Waals surface area contributed by atoms with E-state index >= 15 is 0 Å². The predicted octanol–water partition coefficient (Wildman–Crippen LogP) is 0.120. The molecule has 118 valence electrons. The van der Waals surface area contributed by atoms with Gasteiger partial charge in [-0.3, -0.25) is 9.59 Å². The number of ether oxygens (including phenoxy) is 1. The number of amides is 1. The monoisotopic (exact) mass is 298 g/mol. The molecule has 0 spiro atoms. The van der Waals surface area contributed by atoms with Gasteiger partial charge in [0.1, 0.15) is 17.6 Å². The van der Waals surface area contributed by atoms with Gasteiger partial charge >= 0.3 is 11.9 Å². The number of carbonyl (C=O) groups is 3. The van der Waals surface area contributed by atoms with Crippen LogP contribution in [0.4, 0.5) is 0 Å². The summed E-state index contributed by atoms with van der Waals surface area (Å²) in [4.78, 5) is 37.2. The second kappa shape index (κ2) is 5.29. The fourth-order valence-corrected chi connectivity index (χ4v) is 3.09. The number of fused-ring (bicyclic) bond motifs is 1. The molecule has 2 aliphatic heterocycles. The number of piperidine rings is 1. The summed E-state index contributed by atoms with van der Waals surface area (Å²) in [5, 5.41) is 9.23. The SMILES string of the molecule is CC(C)(C)OC(=O)C1CCC2C(N)CC(C(=O)O)N2C1=O. The zero-order valence-corrected chi connectivity index (χ0v) is 12.5. The third kappa shape index (κ3) is 3.02. The molecule has 2 fully saturated rings. The van der Waals surface area contributed by atoms with Crippen molar-refractivity contribution in [1.29, 1.82) is 0 Å². The Balaban J connectivity index is 2.18. The van der Waals surface area contributed by atoms with Crippen molar-refractivity contribution in [3.05, 3.63) is 0 Å². The Morgan fingerprint density at radius 3 is 2.48 bits per heavy atom. The number of carboxylic acid groups (broad SMARTS) is 1. The molecular weight excluding hydrogens is 276 g/mol. The normalized spacial score (nSPS) is 32.8. The van der Waals surface area contributed by atoms with Crippen LogP contribution in [-0.4, -0.2) is 51.6 Å². The summed E-state index contributed by atoms with van der Waals surface area (Å²) in [7, 11) is 0. The van der Waals surface area contributed by atoms with Crippen LogP contribution in [0.1, 0.15) is 40.0 Å². The van der Waals surface area contributed by atoms with Gasteiger partial charge < -0.3 is 20.5 Å². The predicted molar refractivity (Wildman–Crippen MR) is 73.2 cm³/mol. The Morgan fingerprint density at radius 2 is 1.95 bits per heavy atom. The number of rotatable bonds is 2. The van der Waals surface area contributed by atoms with Gasteiger partial charge in [0.2, 0.25) is 5.91 Å². The quantitative estimate of drug-likeness (QED) is 0.553. The number of nitrogens with two attached hydrogens (primary N) is 1. The highest BCUT2D eigenvalue weighted by molar-refractivity contribution is 6.00. The maximum Gasteiger partial charge on any atom is 0.326 e. The summed E-state index contributed by atoms with van der Waals surface area (Å²) in [6.07, 6.45) is 1.11. The van der Waals surface area contributed by atoms with Crippen LogP contribution in [0.15, 0.2) is 0 Å². The summed E-state index contributed by atoms with van der Waals surface area (Å²) in [5.41, 5.74) is 5.25. The van der Waals surface area contributed by atoms with Gasteiger partial charge in [-0.2, -0.15) is 0 Å². The minimum Gasteiger partial charge on any atom is -0.480 e. The first kappa shape index (κ1) is 15.8. The molecule has 0 saturated carbocycles. The molecule has 0 radical (unpaired) electrons. The molecule has 4 atom stereocenters. The number of carbonyl (C=O) groups excluding carboxylic acids is 2. The third-order valence-electron chi connectivity index (χ3n) is 3.96. The molecule has 0 aromatic rings. The largest absolute Gasteiger partial charge is 0.480 e. The zero-order valence-electron chi connectivity index (χ0n) is 12.5. The maximum absolute atomic E-state index is 12.5. The van der Waals surface area contributed by atoms with Gasteiger partial charge in [-0.05, 0) is 40.0 Å². The van der Waals surface area contributed by atoms with Crippen molar-refractivity contribution in [3.8, 4) is 0 Å². The third-order valence-corrected chi connectivity index (χ3v) is 3.96. The Kier molecular flexibility index (Phi) is 3.97. The molecule has 21 heavy (non-hydrogen) atoms. The number of nitrogens with zero attached hydrogens (tertiary/aromatic N) is 1. The molecule has 2 rings (SSSR count). The second-order valence-electron chi connectivity index (χ2n) is 6.73. The van der Waals surface area contributed by atoms with Crippen molar-refractivity contribution in [2.75, 3.05) is 0 Å². The summed E-state index contributed by atoms with van der Waals surface area (Å²) in [6.45, 7) is 5.19. The summed E-state index contributed by atoms with van der Waals surface area (Å²) < 4.78 is 5.25. The topological polar surface area (TPSA) is 110 Å². The molecule has 0 bridgehead atoms. The molecule has 4 unspecified atom stereocenters. The molecule has 7 nitrogen and oxygen atoms in total. The number of aliphatic carboxylic acids is 1. The molecule has 7 heteroatoms. The van der Waals surface area contributed by atoms with E-state index in [0.717, 1.165) is 0 Å². The molecule has 0 aromatic carbocycles. The van der Waals surface area contributed by atoms with E-state index in [0.29, 0.717) is 12.8 Å². The molecule has 0 aliphatic carbocycles. The fourth-order valence-electron chi connectivity index (χ4n) is 3.09. The van der Waals surface area contributed by atoms with Crippen LogP contribution in [0.3, 0.4) is 0 Å². The lowest BCUT2D eigenvalue weighted by Gasteiger charge is -2.37. The van der Waals surface area contributed by atoms with E-state index in [9.17, 15) is 19.5 Å². The minimum atomic E-state index is -1.08. The summed E-state index contributed by atoms with van der Waals surface area (Å²) >= 11 is 0. The van der Waals surface area contributed by atoms with Gasteiger partial charge in [0.05, 0.1) is 0 Å². The molecule has 2 saturated heterocycles. The summed E-state index contributed by atoms with van der Waals surface area (Å²) in [6, 6.07) is -1.59. The van der Waals surface area contributed by atoms with E-state index in [2.05, 4.69) is 0 Å². The van der Waals surface area contributed by atoms with Crippen LogP contribution in [0.25, 0.3) is 0 Å². The molecule has 2 heterocycles. The van der Waals surface area contributed by atoms with Crippen molar-refractivity contribution in [1.82, 2.24) is 4.90 Å². The number of carboxylic acids is 1. The lowest BCUT2D eigenvalue weighted by molar-refractivity contribution is -0.170. The number of hydrogen-bond donors (Lipinski definition) is 2. The van der Waals surface area contributed by atoms with E-state index < -0.39 is 35.4 Å². The highest BCUT2D eigenvalue weighted by Crippen LogP contribution is 2.35. The van der Waals surface area contributed by atoms with Gasteiger partial charge in [-0.15, -0.1) is 0 Å². The van der Waals surface area contributed by atoms with Gasteiger partial charge in [0.25, 0.3) is 0 Å². The molecule has 0 aromatic heterocycles. The number of hydrogen-bond acceptors (Lipinski definition) is 5. The van der Waals surface area contributed by atoms with Crippen LogP contribution >= 0.6 is 0 Å². The van der Waals surface area contributed by atoms with Crippen molar-refractivity contribution in [2.24, 2.45) is 11.7 Å². The van der Waals surface area contributed by atoms with Crippen LogP contribution < -0.4 is 5.73 Å². The zero-order chi connectivity index (χ0) is 15.9. The van der Waals surface area contributed by atoms with Gasteiger partial charge in [0, 0.05) is 12.1 Å². The molecular formula is C14H22N2O5. The standard InChI is InChI=1S/C14H22N2O5/c1-14(2,3)21-13(20)7-4-5-9-8(15)6-10(12(18)19)16(9)11(7)17/h7-10H,4-6,15H2,1-3H3,(H,18,19). The van der Waals surface area contributed by atoms with Crippen molar-refractivity contribution < 1.29 is 24.2 Å². The first-order chi connectivity index (χ1) is 9.61. The smallest absolute Gasteiger partial charge is 0.326 e.